The number of ketones is 1. The van der Waals surface area contributed by atoms with Gasteiger partial charge in [0, 0.05) is 35.9 Å². The number of rotatable bonds is 12. The van der Waals surface area contributed by atoms with Crippen LogP contribution in [0.1, 0.15) is 24.0 Å². The van der Waals surface area contributed by atoms with Gasteiger partial charge in [-0.15, -0.1) is 0 Å². The molecule has 206 valence electrons. The number of imidazole rings is 2. The second kappa shape index (κ2) is 12.8. The Hall–Kier alpha value is -4.79. The van der Waals surface area contributed by atoms with Crippen LogP contribution in [-0.2, 0) is 17.9 Å². The van der Waals surface area contributed by atoms with Crippen molar-refractivity contribution in [1.29, 1.82) is 0 Å². The maximum atomic E-state index is 13.2. The van der Waals surface area contributed by atoms with E-state index >= 15 is 0 Å². The molecule has 2 heterocycles. The van der Waals surface area contributed by atoms with Crippen LogP contribution in [0.5, 0.6) is 23.0 Å². The van der Waals surface area contributed by atoms with Crippen molar-refractivity contribution >= 4 is 17.9 Å². The van der Waals surface area contributed by atoms with Crippen molar-refractivity contribution in [1.82, 2.24) is 19.1 Å². The minimum Gasteiger partial charge on any atom is -0.493 e. The van der Waals surface area contributed by atoms with Gasteiger partial charge < -0.3 is 28.1 Å². The minimum absolute atomic E-state index is 0.0549. The van der Waals surface area contributed by atoms with Gasteiger partial charge in [-0.2, -0.15) is 0 Å². The highest BCUT2D eigenvalue weighted by Crippen LogP contribution is 2.34. The van der Waals surface area contributed by atoms with Gasteiger partial charge in [0.15, 0.2) is 28.8 Å². The quantitative estimate of drug-likeness (QED) is 0.231. The monoisotopic (exact) mass is 540 g/mol. The lowest BCUT2D eigenvalue weighted by Crippen LogP contribution is -2.07. The average Bonchev–Trinajstić information content (AvgIpc) is 3.75. The third-order valence-corrected chi connectivity index (χ3v) is 6.64. The van der Waals surface area contributed by atoms with Gasteiger partial charge in [-0.3, -0.25) is 4.79 Å². The van der Waals surface area contributed by atoms with E-state index in [4.69, 9.17) is 18.9 Å². The molecule has 5 rings (SSSR count). The number of ether oxygens (including phenoxy) is 4. The van der Waals surface area contributed by atoms with E-state index in [1.54, 1.807) is 39.3 Å². The number of benzene rings is 2. The van der Waals surface area contributed by atoms with Crippen molar-refractivity contribution in [3.8, 4) is 23.0 Å². The molecule has 0 bridgehead atoms. The van der Waals surface area contributed by atoms with E-state index < -0.39 is 0 Å². The highest BCUT2D eigenvalue weighted by Gasteiger charge is 2.23. The van der Waals surface area contributed by atoms with Gasteiger partial charge in [-0.1, -0.05) is 12.1 Å². The number of nitrogens with zero attached hydrogens (tertiary/aromatic N) is 4. The Morgan fingerprint density at radius 3 is 1.60 bits per heavy atom. The molecule has 9 heteroatoms. The van der Waals surface area contributed by atoms with Crippen molar-refractivity contribution in [2.45, 2.75) is 25.9 Å². The molecule has 2 aromatic carbocycles. The summed E-state index contributed by atoms with van der Waals surface area (Å²) >= 11 is 0. The predicted octanol–water partition coefficient (Wildman–Crippen LogP) is 5.08. The molecule has 2 aromatic heterocycles. The third-order valence-electron chi connectivity index (χ3n) is 6.64. The van der Waals surface area contributed by atoms with Crippen LogP contribution in [0.15, 0.2) is 85.0 Å². The Bertz CT molecular complexity index is 1380. The van der Waals surface area contributed by atoms with Crippen LogP contribution < -0.4 is 18.9 Å². The van der Waals surface area contributed by atoms with Crippen LogP contribution in [-0.4, -0.2) is 52.3 Å². The summed E-state index contributed by atoms with van der Waals surface area (Å²) in [4.78, 5) is 21.3. The Balaban J connectivity index is 1.22. The van der Waals surface area contributed by atoms with Gasteiger partial charge in [0.2, 0.25) is 0 Å². The third kappa shape index (κ3) is 6.61. The highest BCUT2D eigenvalue weighted by molar-refractivity contribution is 6.15. The highest BCUT2D eigenvalue weighted by atomic mass is 16.5. The molecule has 0 aliphatic heterocycles. The number of methoxy groups -OCH3 is 2. The molecular formula is C31H32N4O5. The number of carbonyl (C=O) groups is 1. The maximum absolute atomic E-state index is 13.2. The van der Waals surface area contributed by atoms with E-state index in [0.29, 0.717) is 62.1 Å². The van der Waals surface area contributed by atoms with Crippen molar-refractivity contribution in [3.05, 3.63) is 96.1 Å². The van der Waals surface area contributed by atoms with Crippen molar-refractivity contribution in [2.24, 2.45) is 0 Å². The van der Waals surface area contributed by atoms with Gasteiger partial charge in [-0.25, -0.2) is 9.97 Å². The molecule has 40 heavy (non-hydrogen) atoms. The number of hydrogen-bond donors (Lipinski definition) is 0. The fourth-order valence-corrected chi connectivity index (χ4v) is 4.53. The molecule has 1 saturated carbocycles. The van der Waals surface area contributed by atoms with Gasteiger partial charge in [0.05, 0.1) is 40.0 Å². The first kappa shape index (κ1) is 26.8. The Morgan fingerprint density at radius 1 is 0.725 bits per heavy atom. The van der Waals surface area contributed by atoms with Crippen LogP contribution in [0.3, 0.4) is 0 Å². The fourth-order valence-electron chi connectivity index (χ4n) is 4.53. The predicted molar refractivity (Wildman–Crippen MR) is 152 cm³/mol. The summed E-state index contributed by atoms with van der Waals surface area (Å²) in [6.07, 6.45) is 16.0. The van der Waals surface area contributed by atoms with E-state index in [9.17, 15) is 4.79 Å². The molecule has 0 amide bonds. The molecule has 1 aliphatic rings. The molecule has 4 aromatic rings. The van der Waals surface area contributed by atoms with Crippen LogP contribution in [0.25, 0.3) is 12.2 Å². The number of aromatic nitrogens is 4. The molecule has 9 nitrogen and oxygen atoms in total. The summed E-state index contributed by atoms with van der Waals surface area (Å²) in [7, 11) is 3.22. The van der Waals surface area contributed by atoms with Gasteiger partial charge in [-0.05, 0) is 60.4 Å². The Morgan fingerprint density at radius 2 is 1.20 bits per heavy atom. The minimum atomic E-state index is 0.0549. The zero-order valence-electron chi connectivity index (χ0n) is 22.7. The summed E-state index contributed by atoms with van der Waals surface area (Å²) in [5.74, 6) is 2.62. The number of Topliss-reactive ketones (excluding diaryl/α,β-unsaturated/α-hetero) is 1. The molecule has 0 radical (unpaired) electrons. The van der Waals surface area contributed by atoms with Crippen LogP contribution in [0.4, 0.5) is 0 Å². The average molecular weight is 541 g/mol. The zero-order chi connectivity index (χ0) is 27.7. The van der Waals surface area contributed by atoms with E-state index in [2.05, 4.69) is 9.97 Å². The summed E-state index contributed by atoms with van der Waals surface area (Å²) < 4.78 is 26.8. The normalized spacial score (nSPS) is 15.1. The Kier molecular flexibility index (Phi) is 8.60. The van der Waals surface area contributed by atoms with Crippen LogP contribution >= 0.6 is 0 Å². The molecule has 0 saturated heterocycles. The molecular weight excluding hydrogens is 508 g/mol. The summed E-state index contributed by atoms with van der Waals surface area (Å²) in [6, 6.07) is 11.4. The number of carbonyl (C=O) groups excluding carboxylic acids is 1. The van der Waals surface area contributed by atoms with E-state index in [-0.39, 0.29) is 5.78 Å². The fraction of sp³-hybridized carbons (Fsp3) is 0.258. The van der Waals surface area contributed by atoms with Crippen molar-refractivity contribution < 1.29 is 23.7 Å². The summed E-state index contributed by atoms with van der Waals surface area (Å²) in [5.41, 5.74) is 3.33. The standard InChI is InChI=1S/C31H32N4O5/c1-37-29-19-23(3-7-27(29)39-15-13-34-11-9-32-21-34)17-25-5-6-26(31(25)36)18-24-4-8-28(30(20-24)38-2)40-16-14-35-12-10-33-22-35/h3-4,7-12,17-22H,5-6,13-16H2,1-2H3/b25-17+,26-18+. The molecule has 0 atom stereocenters. The number of allylic oxidation sites excluding steroid dienone is 2. The van der Waals surface area contributed by atoms with Crippen molar-refractivity contribution in [3.63, 3.8) is 0 Å². The topological polar surface area (TPSA) is 89.6 Å². The van der Waals surface area contributed by atoms with Gasteiger partial charge in [0.25, 0.3) is 0 Å². The van der Waals surface area contributed by atoms with E-state index in [1.165, 1.54) is 0 Å². The van der Waals surface area contributed by atoms with E-state index in [1.807, 2.05) is 70.1 Å². The van der Waals surface area contributed by atoms with Gasteiger partial charge in [0.1, 0.15) is 13.2 Å². The van der Waals surface area contributed by atoms with Crippen LogP contribution in [0.2, 0.25) is 0 Å². The summed E-state index contributed by atoms with van der Waals surface area (Å²) in [5, 5.41) is 0. The lowest BCUT2D eigenvalue weighted by atomic mass is 10.1. The number of hydrogen-bond acceptors (Lipinski definition) is 7. The molecule has 0 spiro atoms. The SMILES string of the molecule is COc1cc(/C=C2\CC/C(=C\c3ccc(OCCn4ccnc4)c(OC)c3)C2=O)ccc1OCCn1ccnc1. The lowest BCUT2D eigenvalue weighted by molar-refractivity contribution is -0.111. The molecule has 1 fully saturated rings. The smallest absolute Gasteiger partial charge is 0.185 e. The first-order valence-corrected chi connectivity index (χ1v) is 13.1. The molecule has 1 aliphatic carbocycles. The summed E-state index contributed by atoms with van der Waals surface area (Å²) in [6.45, 7) is 2.35. The van der Waals surface area contributed by atoms with Gasteiger partial charge >= 0.3 is 0 Å². The molecule has 0 unspecified atom stereocenters. The van der Waals surface area contributed by atoms with E-state index in [0.717, 1.165) is 22.3 Å². The molecule has 0 N–H and O–H groups in total. The second-order valence-electron chi connectivity index (χ2n) is 9.29. The largest absolute Gasteiger partial charge is 0.493 e. The van der Waals surface area contributed by atoms with Crippen molar-refractivity contribution in [2.75, 3.05) is 27.4 Å². The van der Waals surface area contributed by atoms with Crippen LogP contribution in [0, 0.1) is 0 Å². The zero-order valence-corrected chi connectivity index (χ0v) is 22.7. The first-order chi connectivity index (χ1) is 19.6. The maximum Gasteiger partial charge on any atom is 0.185 e. The second-order valence-corrected chi connectivity index (χ2v) is 9.29. The lowest BCUT2D eigenvalue weighted by Gasteiger charge is -2.12. The first-order valence-electron chi connectivity index (χ1n) is 13.1. The Labute approximate surface area is 233 Å².